The highest BCUT2D eigenvalue weighted by Crippen LogP contribution is 2.24. The first kappa shape index (κ1) is 19.4. The molecule has 0 aliphatic rings. The van der Waals surface area contributed by atoms with Crippen molar-refractivity contribution < 1.29 is 14.3 Å². The number of aromatic nitrogens is 2. The van der Waals surface area contributed by atoms with E-state index in [0.717, 1.165) is 15.9 Å². The molecule has 0 saturated heterocycles. The number of carbonyl (C=O) groups excluding carboxylic acids is 2. The van der Waals surface area contributed by atoms with Crippen molar-refractivity contribution in [1.29, 1.82) is 0 Å². The van der Waals surface area contributed by atoms with Gasteiger partial charge in [-0.3, -0.25) is 9.59 Å². The fourth-order valence-electron chi connectivity index (χ4n) is 1.90. The van der Waals surface area contributed by atoms with Crippen LogP contribution in [0.2, 0.25) is 10.0 Å². The Hall–Kier alpha value is -1.90. The lowest BCUT2D eigenvalue weighted by Crippen LogP contribution is -2.27. The molecule has 25 heavy (non-hydrogen) atoms. The van der Waals surface area contributed by atoms with Crippen LogP contribution in [-0.2, 0) is 16.1 Å². The molecule has 0 bridgehead atoms. The van der Waals surface area contributed by atoms with Crippen molar-refractivity contribution in [3.63, 3.8) is 0 Å². The Bertz CT molecular complexity index is 876. The largest absolute Gasteiger partial charge is 0.459 e. The van der Waals surface area contributed by atoms with Crippen LogP contribution in [0.3, 0.4) is 0 Å². The molecule has 0 unspecified atom stereocenters. The van der Waals surface area contributed by atoms with Gasteiger partial charge in [-0.25, -0.2) is 9.78 Å². The van der Waals surface area contributed by atoms with E-state index in [1.54, 1.807) is 20.8 Å². The number of anilines is 1. The first-order valence-corrected chi connectivity index (χ1v) is 8.78. The number of amides is 1. The van der Waals surface area contributed by atoms with Gasteiger partial charge in [-0.05, 0) is 26.8 Å². The van der Waals surface area contributed by atoms with Gasteiger partial charge in [0.1, 0.15) is 16.4 Å². The van der Waals surface area contributed by atoms with Crippen LogP contribution in [0.15, 0.2) is 17.1 Å². The predicted molar refractivity (Wildman–Crippen MR) is 96.8 cm³/mol. The Kier molecular flexibility index (Phi) is 6.21. The highest BCUT2D eigenvalue weighted by atomic mass is 35.5. The van der Waals surface area contributed by atoms with Crippen molar-refractivity contribution in [3.05, 3.63) is 43.2 Å². The number of thiazole rings is 1. The third-order valence-corrected chi connectivity index (χ3v) is 4.42. The summed E-state index contributed by atoms with van der Waals surface area (Å²) < 4.78 is 6.21. The van der Waals surface area contributed by atoms with Crippen LogP contribution in [-0.4, -0.2) is 27.5 Å². The van der Waals surface area contributed by atoms with E-state index in [0.29, 0.717) is 10.6 Å². The number of nitrogens with zero attached hydrogens (tertiary/aromatic N) is 2. The predicted octanol–water partition coefficient (Wildman–Crippen LogP) is 3.12. The number of nitrogens with one attached hydrogen (secondary N) is 1. The average molecular weight is 404 g/mol. The first-order valence-electron chi connectivity index (χ1n) is 7.21. The lowest BCUT2D eigenvalue weighted by Gasteiger charge is -2.06. The van der Waals surface area contributed by atoms with Gasteiger partial charge in [0.2, 0.25) is 5.91 Å². The van der Waals surface area contributed by atoms with E-state index < -0.39 is 17.4 Å². The summed E-state index contributed by atoms with van der Waals surface area (Å²) in [7, 11) is 0. The lowest BCUT2D eigenvalue weighted by atomic mass is 10.4. The van der Waals surface area contributed by atoms with Crippen LogP contribution in [0.1, 0.15) is 29.2 Å². The number of carbonyl (C=O) groups is 2. The third kappa shape index (κ3) is 5.04. The molecular formula is C15H15Cl2N3O4S. The minimum atomic E-state index is -0.530. The molecule has 7 nitrogen and oxygen atoms in total. The van der Waals surface area contributed by atoms with Gasteiger partial charge in [0.05, 0.1) is 16.8 Å². The SMILES string of the molecule is Cc1nc(NC(=O)Cn2cc(Cl)cc(Cl)c2=O)sc1C(=O)OC(C)C. The molecule has 0 spiro atoms. The van der Waals surface area contributed by atoms with Crippen LogP contribution in [0.5, 0.6) is 0 Å². The van der Waals surface area contributed by atoms with Crippen molar-refractivity contribution in [3.8, 4) is 0 Å². The molecule has 134 valence electrons. The minimum absolute atomic E-state index is 0.0795. The number of esters is 1. The molecule has 2 heterocycles. The molecule has 2 aromatic heterocycles. The van der Waals surface area contributed by atoms with Gasteiger partial charge in [-0.2, -0.15) is 0 Å². The fraction of sp³-hybridized carbons (Fsp3) is 0.333. The molecule has 10 heteroatoms. The summed E-state index contributed by atoms with van der Waals surface area (Å²) in [5, 5.41) is 2.93. The third-order valence-electron chi connectivity index (χ3n) is 2.89. The Morgan fingerprint density at radius 1 is 1.40 bits per heavy atom. The van der Waals surface area contributed by atoms with Crippen LogP contribution >= 0.6 is 34.5 Å². The van der Waals surface area contributed by atoms with E-state index in [1.807, 2.05) is 0 Å². The van der Waals surface area contributed by atoms with Crippen molar-refractivity contribution >= 4 is 51.5 Å². The van der Waals surface area contributed by atoms with Gasteiger partial charge in [-0.15, -0.1) is 0 Å². The lowest BCUT2D eigenvalue weighted by molar-refractivity contribution is -0.116. The highest BCUT2D eigenvalue weighted by Gasteiger charge is 2.19. The molecule has 2 aromatic rings. The molecule has 0 aliphatic carbocycles. The van der Waals surface area contributed by atoms with Crippen molar-refractivity contribution in [2.24, 2.45) is 0 Å². The van der Waals surface area contributed by atoms with Gasteiger partial charge in [0.25, 0.3) is 5.56 Å². The molecule has 0 aliphatic heterocycles. The molecular weight excluding hydrogens is 389 g/mol. The zero-order valence-electron chi connectivity index (χ0n) is 13.6. The smallest absolute Gasteiger partial charge is 0.350 e. The van der Waals surface area contributed by atoms with E-state index in [4.69, 9.17) is 27.9 Å². The number of aryl methyl sites for hydroxylation is 1. The van der Waals surface area contributed by atoms with Gasteiger partial charge in [0, 0.05) is 6.20 Å². The van der Waals surface area contributed by atoms with Gasteiger partial charge in [-0.1, -0.05) is 34.5 Å². The van der Waals surface area contributed by atoms with Crippen molar-refractivity contribution in [2.75, 3.05) is 5.32 Å². The Morgan fingerprint density at radius 3 is 2.72 bits per heavy atom. The fourth-order valence-corrected chi connectivity index (χ4v) is 3.28. The first-order chi connectivity index (χ1) is 11.7. The van der Waals surface area contributed by atoms with Crippen molar-refractivity contribution in [1.82, 2.24) is 9.55 Å². The summed E-state index contributed by atoms with van der Waals surface area (Å²) in [5.74, 6) is -0.999. The van der Waals surface area contributed by atoms with Crippen molar-refractivity contribution in [2.45, 2.75) is 33.4 Å². The summed E-state index contributed by atoms with van der Waals surface area (Å²) in [4.78, 5) is 40.4. The summed E-state index contributed by atoms with van der Waals surface area (Å²) in [6.07, 6.45) is 1.06. The van der Waals surface area contributed by atoms with Gasteiger partial charge >= 0.3 is 5.97 Å². The molecule has 0 radical (unpaired) electrons. The van der Waals surface area contributed by atoms with Crippen LogP contribution < -0.4 is 10.9 Å². The summed E-state index contributed by atoms with van der Waals surface area (Å²) >= 11 is 12.6. The van der Waals surface area contributed by atoms with Gasteiger partial charge in [0.15, 0.2) is 5.13 Å². The number of ether oxygens (including phenoxy) is 1. The number of rotatable bonds is 5. The summed E-state index contributed by atoms with van der Waals surface area (Å²) in [6, 6.07) is 1.30. The maximum atomic E-state index is 12.1. The Labute approximate surface area is 157 Å². The van der Waals surface area contributed by atoms with Gasteiger partial charge < -0.3 is 14.6 Å². The summed E-state index contributed by atoms with van der Waals surface area (Å²) in [6.45, 7) is 4.84. The van der Waals surface area contributed by atoms with E-state index in [-0.39, 0.29) is 27.8 Å². The maximum absolute atomic E-state index is 12.1. The second-order valence-corrected chi connectivity index (χ2v) is 7.22. The van der Waals surface area contributed by atoms with Crippen LogP contribution in [0.4, 0.5) is 5.13 Å². The molecule has 2 rings (SSSR count). The molecule has 0 aromatic carbocycles. The monoisotopic (exact) mass is 403 g/mol. The van der Waals surface area contributed by atoms with E-state index >= 15 is 0 Å². The van der Waals surface area contributed by atoms with E-state index in [9.17, 15) is 14.4 Å². The standard InChI is InChI=1S/C15H15Cl2N3O4S/c1-7(2)24-14(23)12-8(3)18-15(25-12)19-11(21)6-20-5-9(16)4-10(17)13(20)22/h4-5,7H,6H2,1-3H3,(H,18,19,21). The van der Waals surface area contributed by atoms with Crippen LogP contribution in [0, 0.1) is 6.92 Å². The number of halogens is 2. The van der Waals surface area contributed by atoms with E-state index in [2.05, 4.69) is 10.3 Å². The topological polar surface area (TPSA) is 90.3 Å². The number of hydrogen-bond acceptors (Lipinski definition) is 6. The second-order valence-electron chi connectivity index (χ2n) is 5.38. The zero-order valence-corrected chi connectivity index (χ0v) is 16.0. The quantitative estimate of drug-likeness (QED) is 0.774. The average Bonchev–Trinajstić information content (AvgIpc) is 2.84. The summed E-state index contributed by atoms with van der Waals surface area (Å²) in [5.41, 5.74) is -0.0772. The Morgan fingerprint density at radius 2 is 2.08 bits per heavy atom. The minimum Gasteiger partial charge on any atom is -0.459 e. The van der Waals surface area contributed by atoms with Crippen LogP contribution in [0.25, 0.3) is 0 Å². The maximum Gasteiger partial charge on any atom is 0.350 e. The number of pyridine rings is 1. The van der Waals surface area contributed by atoms with E-state index in [1.165, 1.54) is 12.3 Å². The Balaban J connectivity index is 2.12. The number of hydrogen-bond donors (Lipinski definition) is 1. The molecule has 0 atom stereocenters. The highest BCUT2D eigenvalue weighted by molar-refractivity contribution is 7.17. The zero-order chi connectivity index (χ0) is 18.7. The normalized spacial score (nSPS) is 10.8. The molecule has 1 N–H and O–H groups in total. The molecule has 0 saturated carbocycles. The molecule has 1 amide bonds. The second kappa shape index (κ2) is 7.99. The molecule has 0 fully saturated rings.